The van der Waals surface area contributed by atoms with Crippen LogP contribution in [0.3, 0.4) is 0 Å². The maximum absolute atomic E-state index is 11.8. The molecule has 86 valence electrons. The average Bonchev–Trinajstić information content (AvgIpc) is 2.69. The molecule has 0 saturated heterocycles. The summed E-state index contributed by atoms with van der Waals surface area (Å²) in [6.07, 6.45) is 1.96. The number of hydrogen-bond donors (Lipinski definition) is 1. The third-order valence-corrected chi connectivity index (χ3v) is 2.99. The molecule has 0 bridgehead atoms. The quantitative estimate of drug-likeness (QED) is 0.693. The first-order chi connectivity index (χ1) is 8.18. The maximum atomic E-state index is 11.8. The number of rotatable bonds is 1. The summed E-state index contributed by atoms with van der Waals surface area (Å²) < 4.78 is 2.02. The molecule has 3 aromatic heterocycles. The van der Waals surface area contributed by atoms with Gasteiger partial charge in [-0.25, -0.2) is 5.10 Å². The van der Waals surface area contributed by atoms with Gasteiger partial charge >= 0.3 is 0 Å². The molecule has 0 unspecified atom stereocenters. The monoisotopic (exact) mass is 227 g/mol. The van der Waals surface area contributed by atoms with Crippen molar-refractivity contribution in [1.82, 2.24) is 14.6 Å². The molecular weight excluding hydrogens is 214 g/mol. The van der Waals surface area contributed by atoms with Crippen molar-refractivity contribution in [3.63, 3.8) is 0 Å². The largest absolute Gasteiger partial charge is 0.315 e. The Balaban J connectivity index is 2.61. The number of aromatic amines is 1. The molecule has 4 heteroatoms. The Hall–Kier alpha value is -2.10. The molecule has 3 heterocycles. The summed E-state index contributed by atoms with van der Waals surface area (Å²) >= 11 is 0. The molecule has 0 radical (unpaired) electrons. The van der Waals surface area contributed by atoms with E-state index in [-0.39, 0.29) is 11.5 Å². The van der Waals surface area contributed by atoms with Gasteiger partial charge in [-0.1, -0.05) is 19.9 Å². The van der Waals surface area contributed by atoms with Crippen LogP contribution in [0.25, 0.3) is 16.4 Å². The number of hydrogen-bond acceptors (Lipinski definition) is 2. The predicted molar refractivity (Wildman–Crippen MR) is 67.4 cm³/mol. The van der Waals surface area contributed by atoms with Crippen molar-refractivity contribution in [2.45, 2.75) is 19.8 Å². The van der Waals surface area contributed by atoms with Crippen molar-refractivity contribution in [2.75, 3.05) is 0 Å². The fraction of sp³-hybridized carbons (Fsp3) is 0.231. The van der Waals surface area contributed by atoms with Gasteiger partial charge < -0.3 is 4.40 Å². The first kappa shape index (κ1) is 10.1. The Morgan fingerprint density at radius 3 is 2.94 bits per heavy atom. The second-order valence-corrected chi connectivity index (χ2v) is 4.49. The summed E-state index contributed by atoms with van der Waals surface area (Å²) in [6.45, 7) is 4.14. The van der Waals surface area contributed by atoms with Gasteiger partial charge in [-0.05, 0) is 24.1 Å². The molecule has 1 N–H and O–H groups in total. The molecule has 0 aliphatic rings. The molecule has 0 fully saturated rings. The van der Waals surface area contributed by atoms with Crippen molar-refractivity contribution in [1.29, 1.82) is 0 Å². The molecular formula is C13H13N3O. The highest BCUT2D eigenvalue weighted by molar-refractivity contribution is 5.88. The molecule has 17 heavy (non-hydrogen) atoms. The molecule has 0 spiro atoms. The zero-order valence-corrected chi connectivity index (χ0v) is 9.77. The van der Waals surface area contributed by atoms with E-state index in [1.165, 1.54) is 0 Å². The standard InChI is InChI=1S/C13H13N3O/c1-8(2)11-12-10(13(17)15-14-11)7-9-5-3-4-6-16(9)12/h3-8H,1-2H3,(H,15,17). The van der Waals surface area contributed by atoms with Crippen LogP contribution in [0.4, 0.5) is 0 Å². The molecule has 0 aliphatic heterocycles. The number of nitrogens with one attached hydrogen (secondary N) is 1. The Morgan fingerprint density at radius 1 is 1.35 bits per heavy atom. The average molecular weight is 227 g/mol. The SMILES string of the molecule is CC(C)c1n[nH]c(=O)c2cc3ccccn3c12. The predicted octanol–water partition coefficient (Wildman–Crippen LogP) is 2.30. The van der Waals surface area contributed by atoms with Gasteiger partial charge in [0, 0.05) is 11.7 Å². The molecule has 0 aliphatic carbocycles. The van der Waals surface area contributed by atoms with Crippen LogP contribution in [0.2, 0.25) is 0 Å². The molecule has 0 amide bonds. The van der Waals surface area contributed by atoms with Gasteiger partial charge in [-0.2, -0.15) is 5.10 Å². The molecule has 3 aromatic rings. The Morgan fingerprint density at radius 2 is 2.18 bits per heavy atom. The van der Waals surface area contributed by atoms with Crippen LogP contribution < -0.4 is 5.56 Å². The number of nitrogens with zero attached hydrogens (tertiary/aromatic N) is 2. The fourth-order valence-corrected chi connectivity index (χ4v) is 2.18. The first-order valence-corrected chi connectivity index (χ1v) is 5.67. The van der Waals surface area contributed by atoms with Gasteiger partial charge in [0.1, 0.15) is 0 Å². The lowest BCUT2D eigenvalue weighted by Crippen LogP contribution is -2.11. The Bertz CT molecular complexity index is 752. The minimum absolute atomic E-state index is 0.131. The Labute approximate surface area is 97.9 Å². The normalized spacial score (nSPS) is 11.7. The highest BCUT2D eigenvalue weighted by atomic mass is 16.1. The van der Waals surface area contributed by atoms with E-state index in [2.05, 4.69) is 24.0 Å². The second kappa shape index (κ2) is 3.45. The van der Waals surface area contributed by atoms with E-state index in [0.29, 0.717) is 5.39 Å². The molecule has 0 saturated carbocycles. The second-order valence-electron chi connectivity index (χ2n) is 4.49. The van der Waals surface area contributed by atoms with Gasteiger partial charge in [0.05, 0.1) is 16.6 Å². The lowest BCUT2D eigenvalue weighted by atomic mass is 10.1. The number of fused-ring (bicyclic) bond motifs is 3. The summed E-state index contributed by atoms with van der Waals surface area (Å²) in [6, 6.07) is 7.81. The fourth-order valence-electron chi connectivity index (χ4n) is 2.18. The minimum atomic E-state index is -0.131. The zero-order valence-electron chi connectivity index (χ0n) is 9.77. The summed E-state index contributed by atoms with van der Waals surface area (Å²) in [5, 5.41) is 7.44. The molecule has 4 nitrogen and oxygen atoms in total. The summed E-state index contributed by atoms with van der Waals surface area (Å²) in [4.78, 5) is 11.8. The van der Waals surface area contributed by atoms with Crippen molar-refractivity contribution in [3.8, 4) is 0 Å². The van der Waals surface area contributed by atoms with Gasteiger partial charge in [0.2, 0.25) is 0 Å². The van der Waals surface area contributed by atoms with E-state index in [0.717, 1.165) is 16.7 Å². The summed E-state index contributed by atoms with van der Waals surface area (Å²) in [5.74, 6) is 0.271. The highest BCUT2D eigenvalue weighted by Gasteiger charge is 2.13. The van der Waals surface area contributed by atoms with Crippen molar-refractivity contribution >= 4 is 16.4 Å². The van der Waals surface area contributed by atoms with Crippen LogP contribution in [0.5, 0.6) is 0 Å². The third kappa shape index (κ3) is 1.37. The summed E-state index contributed by atoms with van der Waals surface area (Å²) in [5.41, 5.74) is 2.72. The van der Waals surface area contributed by atoms with Gasteiger partial charge in [0.25, 0.3) is 5.56 Å². The lowest BCUT2D eigenvalue weighted by molar-refractivity contribution is 0.787. The van der Waals surface area contributed by atoms with Crippen LogP contribution >= 0.6 is 0 Å². The van der Waals surface area contributed by atoms with Gasteiger partial charge in [-0.15, -0.1) is 0 Å². The van der Waals surface area contributed by atoms with E-state index in [4.69, 9.17) is 0 Å². The number of pyridine rings is 1. The van der Waals surface area contributed by atoms with E-state index in [9.17, 15) is 4.79 Å². The smallest absolute Gasteiger partial charge is 0.273 e. The topological polar surface area (TPSA) is 50.2 Å². The van der Waals surface area contributed by atoms with Crippen LogP contribution in [0.15, 0.2) is 35.3 Å². The van der Waals surface area contributed by atoms with Crippen LogP contribution in [0, 0.1) is 0 Å². The number of H-pyrrole nitrogens is 1. The zero-order chi connectivity index (χ0) is 12.0. The van der Waals surface area contributed by atoms with E-state index in [1.54, 1.807) is 0 Å². The molecule has 0 atom stereocenters. The van der Waals surface area contributed by atoms with Crippen LogP contribution in [0.1, 0.15) is 25.5 Å². The third-order valence-electron chi connectivity index (χ3n) is 2.99. The van der Waals surface area contributed by atoms with Crippen molar-refractivity contribution in [2.24, 2.45) is 0 Å². The lowest BCUT2D eigenvalue weighted by Gasteiger charge is -2.06. The van der Waals surface area contributed by atoms with E-state index < -0.39 is 0 Å². The van der Waals surface area contributed by atoms with Crippen molar-refractivity contribution in [3.05, 3.63) is 46.5 Å². The summed E-state index contributed by atoms with van der Waals surface area (Å²) in [7, 11) is 0. The van der Waals surface area contributed by atoms with Gasteiger partial charge in [-0.3, -0.25) is 4.79 Å². The van der Waals surface area contributed by atoms with E-state index >= 15 is 0 Å². The minimum Gasteiger partial charge on any atom is -0.315 e. The molecule has 0 aromatic carbocycles. The first-order valence-electron chi connectivity index (χ1n) is 5.67. The van der Waals surface area contributed by atoms with Crippen molar-refractivity contribution < 1.29 is 0 Å². The van der Waals surface area contributed by atoms with E-state index in [1.807, 2.05) is 34.9 Å². The van der Waals surface area contributed by atoms with Crippen LogP contribution in [-0.2, 0) is 0 Å². The van der Waals surface area contributed by atoms with Crippen LogP contribution in [-0.4, -0.2) is 14.6 Å². The van der Waals surface area contributed by atoms with Gasteiger partial charge in [0.15, 0.2) is 0 Å². The number of aromatic nitrogens is 3. The Kier molecular flexibility index (Phi) is 2.04. The maximum Gasteiger partial charge on any atom is 0.273 e. The molecule has 3 rings (SSSR count). The highest BCUT2D eigenvalue weighted by Crippen LogP contribution is 2.23.